The third-order valence-electron chi connectivity index (χ3n) is 4.09. The van der Waals surface area contributed by atoms with Crippen molar-refractivity contribution in [2.75, 3.05) is 19.4 Å². The van der Waals surface area contributed by atoms with Crippen molar-refractivity contribution in [2.24, 2.45) is 5.92 Å². The minimum atomic E-state index is -3.44. The number of anilines is 1. The first-order chi connectivity index (χ1) is 9.45. The number of hydrogen-bond acceptors (Lipinski definition) is 4. The average Bonchev–Trinajstić information content (AvgIpc) is 2.46. The monoisotopic (exact) mass is 297 g/mol. The summed E-state index contributed by atoms with van der Waals surface area (Å²) >= 11 is 0. The van der Waals surface area contributed by atoms with Crippen molar-refractivity contribution in [2.45, 2.75) is 43.5 Å². The van der Waals surface area contributed by atoms with Crippen molar-refractivity contribution >= 4 is 15.8 Å². The average molecular weight is 297 g/mol. The van der Waals surface area contributed by atoms with Gasteiger partial charge in [0.15, 0.2) is 0 Å². The van der Waals surface area contributed by atoms with Crippen LogP contribution in [0.15, 0.2) is 23.2 Å². The maximum Gasteiger partial charge on any atom is 0.244 e. The molecule has 2 atom stereocenters. The van der Waals surface area contributed by atoms with Crippen molar-refractivity contribution in [1.82, 2.24) is 9.29 Å². The number of nitrogens with zero attached hydrogens (tertiary/aromatic N) is 2. The van der Waals surface area contributed by atoms with E-state index in [-0.39, 0.29) is 10.9 Å². The molecule has 1 aliphatic rings. The molecule has 5 nitrogen and oxygen atoms in total. The smallest absolute Gasteiger partial charge is 0.244 e. The summed E-state index contributed by atoms with van der Waals surface area (Å²) in [5.74, 6) is 1.26. The molecule has 0 bridgehead atoms. The highest BCUT2D eigenvalue weighted by molar-refractivity contribution is 7.89. The highest BCUT2D eigenvalue weighted by Gasteiger charge is 2.31. The van der Waals surface area contributed by atoms with E-state index in [2.05, 4.69) is 17.2 Å². The number of pyridine rings is 1. The van der Waals surface area contributed by atoms with E-state index in [4.69, 9.17) is 0 Å². The van der Waals surface area contributed by atoms with Crippen molar-refractivity contribution in [3.63, 3.8) is 0 Å². The Labute approximate surface area is 121 Å². The lowest BCUT2D eigenvalue weighted by molar-refractivity contribution is 0.239. The molecule has 0 aromatic carbocycles. The fourth-order valence-electron chi connectivity index (χ4n) is 2.78. The molecule has 1 aliphatic carbocycles. The van der Waals surface area contributed by atoms with Crippen LogP contribution in [0.5, 0.6) is 0 Å². The second kappa shape index (κ2) is 6.10. The lowest BCUT2D eigenvalue weighted by Gasteiger charge is -2.33. The summed E-state index contributed by atoms with van der Waals surface area (Å²) < 4.78 is 26.7. The van der Waals surface area contributed by atoms with Gasteiger partial charge in [0.05, 0.1) is 0 Å². The Bertz CT molecular complexity index is 542. The molecule has 112 valence electrons. The molecule has 1 heterocycles. The van der Waals surface area contributed by atoms with Crippen LogP contribution < -0.4 is 5.32 Å². The van der Waals surface area contributed by atoms with Gasteiger partial charge in [0, 0.05) is 26.3 Å². The van der Waals surface area contributed by atoms with Gasteiger partial charge in [-0.25, -0.2) is 13.4 Å². The highest BCUT2D eigenvalue weighted by atomic mass is 32.2. The molecule has 20 heavy (non-hydrogen) atoms. The van der Waals surface area contributed by atoms with Crippen LogP contribution in [0, 0.1) is 5.92 Å². The van der Waals surface area contributed by atoms with Crippen molar-refractivity contribution < 1.29 is 8.42 Å². The van der Waals surface area contributed by atoms with Gasteiger partial charge in [-0.05, 0) is 30.9 Å². The zero-order chi connectivity index (χ0) is 14.8. The molecule has 0 spiro atoms. The molecule has 6 heteroatoms. The highest BCUT2D eigenvalue weighted by Crippen LogP contribution is 2.29. The van der Waals surface area contributed by atoms with E-state index in [0.717, 1.165) is 19.3 Å². The van der Waals surface area contributed by atoms with Gasteiger partial charge in [-0.3, -0.25) is 0 Å². The molecule has 1 fully saturated rings. The predicted octanol–water partition coefficient (Wildman–Crippen LogP) is 2.32. The number of rotatable bonds is 4. The van der Waals surface area contributed by atoms with Gasteiger partial charge in [0.1, 0.15) is 10.7 Å². The van der Waals surface area contributed by atoms with Crippen LogP contribution in [-0.4, -0.2) is 37.8 Å². The van der Waals surface area contributed by atoms with E-state index in [9.17, 15) is 8.42 Å². The van der Waals surface area contributed by atoms with E-state index in [0.29, 0.717) is 11.7 Å². The fraction of sp³-hybridized carbons (Fsp3) is 0.643. The predicted molar refractivity (Wildman–Crippen MR) is 80.2 cm³/mol. The Balaban J connectivity index is 2.19. The van der Waals surface area contributed by atoms with Crippen LogP contribution in [0.25, 0.3) is 0 Å². The molecule has 0 aliphatic heterocycles. The molecule has 1 aromatic heterocycles. The molecule has 2 rings (SSSR count). The first-order valence-electron chi connectivity index (χ1n) is 7.07. The van der Waals surface area contributed by atoms with Crippen LogP contribution >= 0.6 is 0 Å². The van der Waals surface area contributed by atoms with Gasteiger partial charge in [0.25, 0.3) is 0 Å². The molecule has 1 saturated carbocycles. The normalized spacial score (nSPS) is 23.8. The van der Waals surface area contributed by atoms with Crippen molar-refractivity contribution in [3.05, 3.63) is 18.3 Å². The third kappa shape index (κ3) is 3.12. The summed E-state index contributed by atoms with van der Waals surface area (Å²) in [6.45, 7) is 2.19. The first-order valence-corrected chi connectivity index (χ1v) is 8.51. The lowest BCUT2D eigenvalue weighted by Crippen LogP contribution is -2.39. The summed E-state index contributed by atoms with van der Waals surface area (Å²) in [6, 6.07) is 3.40. The molecular weight excluding hydrogens is 274 g/mol. The molecule has 0 amide bonds. The maximum absolute atomic E-state index is 12.6. The van der Waals surface area contributed by atoms with Gasteiger partial charge in [0.2, 0.25) is 10.0 Å². The van der Waals surface area contributed by atoms with Gasteiger partial charge < -0.3 is 5.32 Å². The Kier molecular flexibility index (Phi) is 4.65. The zero-order valence-corrected chi connectivity index (χ0v) is 13.2. The summed E-state index contributed by atoms with van der Waals surface area (Å²) in [4.78, 5) is 4.35. The van der Waals surface area contributed by atoms with E-state index in [1.807, 2.05) is 0 Å². The Morgan fingerprint density at radius 1 is 1.35 bits per heavy atom. The number of aromatic nitrogens is 1. The van der Waals surface area contributed by atoms with Gasteiger partial charge in [-0.2, -0.15) is 4.31 Å². The molecule has 1 N–H and O–H groups in total. The van der Waals surface area contributed by atoms with E-state index in [1.54, 1.807) is 26.2 Å². The Morgan fingerprint density at radius 3 is 2.65 bits per heavy atom. The van der Waals surface area contributed by atoms with Crippen molar-refractivity contribution in [3.8, 4) is 0 Å². The SMILES string of the molecule is CNc1ccc(S(=O)(=O)N(C)C2CCCC(C)C2)cn1. The van der Waals surface area contributed by atoms with E-state index < -0.39 is 10.0 Å². The number of hydrogen-bond donors (Lipinski definition) is 1. The maximum atomic E-state index is 12.6. The molecule has 2 unspecified atom stereocenters. The van der Waals surface area contributed by atoms with Crippen LogP contribution in [-0.2, 0) is 10.0 Å². The van der Waals surface area contributed by atoms with E-state index >= 15 is 0 Å². The lowest BCUT2D eigenvalue weighted by atomic mass is 9.87. The van der Waals surface area contributed by atoms with Crippen LogP contribution in [0.4, 0.5) is 5.82 Å². The Hall–Kier alpha value is -1.14. The molecule has 1 aromatic rings. The quantitative estimate of drug-likeness (QED) is 0.926. The Morgan fingerprint density at radius 2 is 2.10 bits per heavy atom. The number of nitrogens with one attached hydrogen (secondary N) is 1. The molecule has 0 radical (unpaired) electrons. The fourth-order valence-corrected chi connectivity index (χ4v) is 4.12. The molecular formula is C14H23N3O2S. The molecule has 0 saturated heterocycles. The van der Waals surface area contributed by atoms with Crippen LogP contribution in [0.3, 0.4) is 0 Å². The van der Waals surface area contributed by atoms with Crippen LogP contribution in [0.2, 0.25) is 0 Å². The van der Waals surface area contributed by atoms with Crippen molar-refractivity contribution in [1.29, 1.82) is 0 Å². The zero-order valence-electron chi connectivity index (χ0n) is 12.3. The number of sulfonamides is 1. The minimum absolute atomic E-state index is 0.104. The second-order valence-electron chi connectivity index (χ2n) is 5.58. The van der Waals surface area contributed by atoms with Gasteiger partial charge in [-0.1, -0.05) is 19.8 Å². The minimum Gasteiger partial charge on any atom is -0.373 e. The van der Waals surface area contributed by atoms with Gasteiger partial charge >= 0.3 is 0 Å². The summed E-state index contributed by atoms with van der Waals surface area (Å²) in [7, 11) is -0.00342. The topological polar surface area (TPSA) is 62.3 Å². The summed E-state index contributed by atoms with van der Waals surface area (Å²) in [5.41, 5.74) is 0. The standard InChI is InChI=1S/C14H23N3O2S/c1-11-5-4-6-12(9-11)17(3)20(18,19)13-7-8-14(15-2)16-10-13/h7-8,10-12H,4-6,9H2,1-3H3,(H,15,16). The summed E-state index contributed by atoms with van der Waals surface area (Å²) in [5, 5.41) is 2.88. The second-order valence-corrected chi connectivity index (χ2v) is 7.57. The first kappa shape index (κ1) is 15.3. The largest absolute Gasteiger partial charge is 0.373 e. The van der Waals surface area contributed by atoms with Gasteiger partial charge in [-0.15, -0.1) is 0 Å². The third-order valence-corrected chi connectivity index (χ3v) is 5.99. The summed E-state index contributed by atoms with van der Waals surface area (Å²) in [6.07, 6.45) is 5.61. The van der Waals surface area contributed by atoms with Crippen LogP contribution in [0.1, 0.15) is 32.6 Å². The van der Waals surface area contributed by atoms with E-state index in [1.165, 1.54) is 16.9 Å².